The summed E-state index contributed by atoms with van der Waals surface area (Å²) in [6.07, 6.45) is 7.05. The third-order valence-electron chi connectivity index (χ3n) is 4.23. The number of methoxy groups -OCH3 is 1. The van der Waals surface area contributed by atoms with E-state index in [1.54, 1.807) is 42.7 Å². The summed E-state index contributed by atoms with van der Waals surface area (Å²) in [6.45, 7) is -0.311. The Bertz CT molecular complexity index is 1140. The van der Waals surface area contributed by atoms with Gasteiger partial charge in [-0.05, 0) is 53.6 Å². The average Bonchev–Trinajstić information content (AvgIpc) is 2.77. The van der Waals surface area contributed by atoms with E-state index < -0.39 is 10.0 Å². The van der Waals surface area contributed by atoms with E-state index in [9.17, 15) is 13.7 Å². The van der Waals surface area contributed by atoms with Gasteiger partial charge in [-0.25, -0.2) is 8.42 Å². The van der Waals surface area contributed by atoms with Crippen molar-refractivity contribution >= 4 is 27.9 Å². The highest BCUT2D eigenvalue weighted by Crippen LogP contribution is 2.29. The first-order valence-corrected chi connectivity index (χ1v) is 10.2. The van der Waals surface area contributed by atoms with Crippen LogP contribution in [0, 0.1) is 11.3 Å². The Morgan fingerprint density at radius 1 is 1.03 bits per heavy atom. The van der Waals surface area contributed by atoms with Crippen molar-refractivity contribution in [1.82, 2.24) is 4.98 Å². The van der Waals surface area contributed by atoms with Gasteiger partial charge in [0.05, 0.1) is 23.8 Å². The number of aromatic nitrogens is 1. The van der Waals surface area contributed by atoms with Gasteiger partial charge in [0.25, 0.3) is 10.0 Å². The molecule has 0 amide bonds. The lowest BCUT2D eigenvalue weighted by Gasteiger charge is -2.23. The molecule has 3 rings (SSSR count). The highest BCUT2D eigenvalue weighted by Gasteiger charge is 2.26. The zero-order valence-electron chi connectivity index (χ0n) is 15.8. The fraction of sp³-hybridized carbons (Fsp3) is 0.0909. The maximum absolute atomic E-state index is 13.3. The van der Waals surface area contributed by atoms with E-state index in [0.717, 1.165) is 9.87 Å². The average molecular weight is 405 g/mol. The van der Waals surface area contributed by atoms with Crippen molar-refractivity contribution in [3.05, 3.63) is 84.2 Å². The van der Waals surface area contributed by atoms with Gasteiger partial charge >= 0.3 is 0 Å². The Balaban J connectivity index is 2.03. The number of rotatable bonds is 7. The lowest BCUT2D eigenvalue weighted by molar-refractivity contribution is 0.414. The number of sulfonamides is 1. The molecule has 146 valence electrons. The summed E-state index contributed by atoms with van der Waals surface area (Å²) in [5.41, 5.74) is 2.03. The molecule has 0 aliphatic carbocycles. The molecule has 1 heterocycles. The third kappa shape index (κ3) is 4.62. The van der Waals surface area contributed by atoms with Crippen molar-refractivity contribution in [2.45, 2.75) is 4.90 Å². The number of hydrogen-bond donors (Lipinski definition) is 0. The standard InChI is InChI=1S/C22H19N3O3S/c1-28-20-8-10-21(11-9-20)29(26,27)25(17-14-23)22-5-3-2-4-19(22)7-6-18-12-15-24-16-13-18/h2-13,15-16H,17H2,1H3/b7-6+. The summed E-state index contributed by atoms with van der Waals surface area (Å²) in [5, 5.41) is 9.29. The minimum Gasteiger partial charge on any atom is -0.497 e. The molecule has 29 heavy (non-hydrogen) atoms. The van der Waals surface area contributed by atoms with Crippen LogP contribution in [-0.2, 0) is 10.0 Å². The van der Waals surface area contributed by atoms with Crippen LogP contribution in [0.5, 0.6) is 5.75 Å². The van der Waals surface area contributed by atoms with E-state index in [-0.39, 0.29) is 11.4 Å². The topological polar surface area (TPSA) is 83.3 Å². The van der Waals surface area contributed by atoms with Gasteiger partial charge in [0.15, 0.2) is 0 Å². The fourth-order valence-corrected chi connectivity index (χ4v) is 4.14. The normalized spacial score (nSPS) is 11.2. The van der Waals surface area contributed by atoms with Crippen LogP contribution in [0.4, 0.5) is 5.69 Å². The molecule has 0 aliphatic rings. The van der Waals surface area contributed by atoms with Crippen molar-refractivity contribution in [3.63, 3.8) is 0 Å². The van der Waals surface area contributed by atoms with Gasteiger partial charge in [0, 0.05) is 12.4 Å². The molecule has 0 aliphatic heterocycles. The number of pyridine rings is 1. The van der Waals surface area contributed by atoms with E-state index in [4.69, 9.17) is 4.74 Å². The molecular formula is C22H19N3O3S. The maximum Gasteiger partial charge on any atom is 0.265 e. The van der Waals surface area contributed by atoms with E-state index in [1.807, 2.05) is 36.4 Å². The van der Waals surface area contributed by atoms with Gasteiger partial charge in [-0.15, -0.1) is 0 Å². The highest BCUT2D eigenvalue weighted by atomic mass is 32.2. The number of anilines is 1. The van der Waals surface area contributed by atoms with Crippen LogP contribution in [0.25, 0.3) is 12.2 Å². The molecule has 1 aromatic heterocycles. The van der Waals surface area contributed by atoms with Gasteiger partial charge in [0.1, 0.15) is 12.3 Å². The van der Waals surface area contributed by atoms with Gasteiger partial charge in [-0.2, -0.15) is 5.26 Å². The first kappa shape index (κ1) is 20.1. The first-order chi connectivity index (χ1) is 14.1. The predicted octanol–water partition coefficient (Wildman–Crippen LogP) is 3.98. The summed E-state index contributed by atoms with van der Waals surface area (Å²) in [6, 6.07) is 18.8. The fourth-order valence-electron chi connectivity index (χ4n) is 2.75. The largest absolute Gasteiger partial charge is 0.497 e. The second-order valence-electron chi connectivity index (χ2n) is 6.02. The zero-order valence-corrected chi connectivity index (χ0v) is 16.6. The van der Waals surface area contributed by atoms with Gasteiger partial charge in [-0.1, -0.05) is 30.4 Å². The molecule has 7 heteroatoms. The Labute approximate surface area is 170 Å². The Kier molecular flexibility index (Phi) is 6.27. The van der Waals surface area contributed by atoms with Crippen molar-refractivity contribution in [1.29, 1.82) is 5.26 Å². The van der Waals surface area contributed by atoms with Gasteiger partial charge in [-0.3, -0.25) is 9.29 Å². The molecule has 0 fully saturated rings. The molecule has 0 N–H and O–H groups in total. The molecule has 0 saturated heterocycles. The second-order valence-corrected chi connectivity index (χ2v) is 7.88. The van der Waals surface area contributed by atoms with E-state index in [2.05, 4.69) is 4.98 Å². The molecule has 6 nitrogen and oxygen atoms in total. The van der Waals surface area contributed by atoms with Crippen LogP contribution in [0.2, 0.25) is 0 Å². The molecular weight excluding hydrogens is 386 g/mol. The number of benzene rings is 2. The molecule has 0 spiro atoms. The molecule has 0 unspecified atom stereocenters. The molecule has 0 radical (unpaired) electrons. The SMILES string of the molecule is COc1ccc(S(=O)(=O)N(CC#N)c2ccccc2/C=C/c2ccncc2)cc1. The predicted molar refractivity (Wildman–Crippen MR) is 113 cm³/mol. The summed E-state index contributed by atoms with van der Waals surface area (Å²) in [4.78, 5) is 4.07. The van der Waals surface area contributed by atoms with Crippen molar-refractivity contribution in [2.75, 3.05) is 18.0 Å². The molecule has 0 saturated carbocycles. The number of nitriles is 1. The zero-order chi connectivity index (χ0) is 20.7. The first-order valence-electron chi connectivity index (χ1n) is 8.77. The van der Waals surface area contributed by atoms with Crippen molar-refractivity contribution < 1.29 is 13.2 Å². The lowest BCUT2D eigenvalue weighted by Crippen LogP contribution is -2.32. The Morgan fingerprint density at radius 2 is 1.72 bits per heavy atom. The van der Waals surface area contributed by atoms with Crippen LogP contribution in [0.1, 0.15) is 11.1 Å². The monoisotopic (exact) mass is 405 g/mol. The number of hydrogen-bond acceptors (Lipinski definition) is 5. The van der Waals surface area contributed by atoms with E-state index >= 15 is 0 Å². The van der Waals surface area contributed by atoms with Crippen LogP contribution >= 0.6 is 0 Å². The van der Waals surface area contributed by atoms with Crippen LogP contribution in [0.15, 0.2) is 78.0 Å². The number of nitrogens with zero attached hydrogens (tertiary/aromatic N) is 3. The van der Waals surface area contributed by atoms with E-state index in [0.29, 0.717) is 17.0 Å². The maximum atomic E-state index is 13.3. The summed E-state index contributed by atoms with van der Waals surface area (Å²) in [5.74, 6) is 0.552. The molecule has 3 aromatic rings. The van der Waals surface area contributed by atoms with Crippen molar-refractivity contribution in [2.24, 2.45) is 0 Å². The number of ether oxygens (including phenoxy) is 1. The van der Waals surface area contributed by atoms with Gasteiger partial charge < -0.3 is 4.74 Å². The third-order valence-corrected chi connectivity index (χ3v) is 6.00. The quantitative estimate of drug-likeness (QED) is 0.555. The molecule has 0 atom stereocenters. The molecule has 2 aromatic carbocycles. The highest BCUT2D eigenvalue weighted by molar-refractivity contribution is 7.92. The van der Waals surface area contributed by atoms with E-state index in [1.165, 1.54) is 19.2 Å². The summed E-state index contributed by atoms with van der Waals surface area (Å²) >= 11 is 0. The lowest BCUT2D eigenvalue weighted by atomic mass is 10.1. The second kappa shape index (κ2) is 9.04. The smallest absolute Gasteiger partial charge is 0.265 e. The summed E-state index contributed by atoms with van der Waals surface area (Å²) in [7, 11) is -2.42. The number of para-hydroxylation sites is 1. The van der Waals surface area contributed by atoms with Crippen LogP contribution in [0.3, 0.4) is 0 Å². The van der Waals surface area contributed by atoms with Crippen LogP contribution < -0.4 is 9.04 Å². The van der Waals surface area contributed by atoms with Gasteiger partial charge in [0.2, 0.25) is 0 Å². The van der Waals surface area contributed by atoms with Crippen molar-refractivity contribution in [3.8, 4) is 11.8 Å². The van der Waals surface area contributed by atoms with Crippen LogP contribution in [-0.4, -0.2) is 27.1 Å². The Morgan fingerprint density at radius 3 is 2.38 bits per heavy atom. The minimum atomic E-state index is -3.94. The summed E-state index contributed by atoms with van der Waals surface area (Å²) < 4.78 is 32.7. The Hall–Kier alpha value is -3.63. The minimum absolute atomic E-state index is 0.0847. The molecule has 0 bridgehead atoms.